The Morgan fingerprint density at radius 2 is 1.07 bits per heavy atom. The van der Waals surface area contributed by atoms with Crippen molar-refractivity contribution in [2.24, 2.45) is 22.9 Å². The second kappa shape index (κ2) is 19.0. The SMILES string of the molecule is N[CH-]CN.N[CH-]CN.O=S(=O)(O)O.[Pd+2]. The smallest absolute Gasteiger partial charge is 0.482 e. The molecule has 0 aromatic carbocycles. The average Bonchev–Trinajstić information content (AvgIpc) is 2.01. The Hall–Kier alpha value is 0.372. The van der Waals surface area contributed by atoms with E-state index in [1.165, 1.54) is 13.1 Å². The van der Waals surface area contributed by atoms with Gasteiger partial charge in [0.1, 0.15) is 0 Å². The van der Waals surface area contributed by atoms with Crippen molar-refractivity contribution in [2.75, 3.05) is 13.1 Å². The minimum Gasteiger partial charge on any atom is -0.482 e. The number of hydrogen-bond acceptors (Lipinski definition) is 6. The van der Waals surface area contributed by atoms with Crippen LogP contribution in [0.3, 0.4) is 0 Å². The molecule has 0 bridgehead atoms. The zero-order valence-electron chi connectivity index (χ0n) is 7.31. The summed E-state index contributed by atoms with van der Waals surface area (Å²) in [4.78, 5) is 0. The van der Waals surface area contributed by atoms with Gasteiger partial charge in [-0.3, -0.25) is 22.2 Å². The molecule has 0 saturated carbocycles. The third-order valence-electron chi connectivity index (χ3n) is 0.272. The summed E-state index contributed by atoms with van der Waals surface area (Å²) in [7, 11) is -4.67. The summed E-state index contributed by atoms with van der Waals surface area (Å²) < 4.78 is 31.6. The van der Waals surface area contributed by atoms with Crippen LogP contribution in [0.15, 0.2) is 0 Å². The van der Waals surface area contributed by atoms with E-state index in [-0.39, 0.29) is 20.4 Å². The van der Waals surface area contributed by atoms with Crippen LogP contribution in [0.25, 0.3) is 0 Å². The second-order valence-electron chi connectivity index (χ2n) is 1.39. The molecule has 0 heterocycles. The summed E-state index contributed by atoms with van der Waals surface area (Å²) in [6.07, 6.45) is 0. The van der Waals surface area contributed by atoms with Crippen LogP contribution < -0.4 is 22.9 Å². The first kappa shape index (κ1) is 23.9. The normalized spacial score (nSPS) is 8.43. The Labute approximate surface area is 97.6 Å². The van der Waals surface area contributed by atoms with Crippen LogP contribution in [0, 0.1) is 13.1 Å². The van der Waals surface area contributed by atoms with E-state index in [0.717, 1.165) is 0 Å². The molecule has 10 heteroatoms. The predicted molar refractivity (Wildman–Crippen MR) is 49.3 cm³/mol. The van der Waals surface area contributed by atoms with Crippen molar-refractivity contribution in [3.05, 3.63) is 13.1 Å². The van der Waals surface area contributed by atoms with E-state index in [2.05, 4.69) is 0 Å². The third-order valence-corrected chi connectivity index (χ3v) is 0.272. The fourth-order valence-corrected chi connectivity index (χ4v) is 0. The summed E-state index contributed by atoms with van der Waals surface area (Å²) >= 11 is 0. The van der Waals surface area contributed by atoms with Gasteiger partial charge in [0.05, 0.1) is 0 Å². The molecule has 0 aliphatic heterocycles. The molecule has 0 amide bonds. The maximum atomic E-state index is 8.74. The van der Waals surface area contributed by atoms with E-state index in [1.54, 1.807) is 0 Å². The van der Waals surface area contributed by atoms with Gasteiger partial charge in [-0.1, -0.05) is 0 Å². The van der Waals surface area contributed by atoms with Crippen LogP contribution in [0.1, 0.15) is 0 Å². The summed E-state index contributed by atoms with van der Waals surface area (Å²) in [6.45, 7) is 3.75. The van der Waals surface area contributed by atoms with Crippen molar-refractivity contribution in [3.63, 3.8) is 0 Å². The molecule has 92 valence electrons. The monoisotopic (exact) mass is 322 g/mol. The Morgan fingerprint density at radius 3 is 1.07 bits per heavy atom. The van der Waals surface area contributed by atoms with Crippen LogP contribution in [0.4, 0.5) is 0 Å². The van der Waals surface area contributed by atoms with E-state index in [0.29, 0.717) is 13.1 Å². The standard InChI is InChI=1S/2C2H7N2.H2O4S.Pd/c2*3-1-2-4;1-5(2,3)4;/h2*1H,2-4H2;(H2,1,2,3,4);/q2*-1;;+2. The maximum absolute atomic E-state index is 8.74. The van der Waals surface area contributed by atoms with E-state index in [4.69, 9.17) is 40.5 Å². The van der Waals surface area contributed by atoms with Crippen molar-refractivity contribution in [1.29, 1.82) is 0 Å². The zero-order chi connectivity index (χ0) is 11.3. The minimum absolute atomic E-state index is 0. The molecule has 0 unspecified atom stereocenters. The van der Waals surface area contributed by atoms with Crippen LogP contribution in [0.5, 0.6) is 0 Å². The van der Waals surface area contributed by atoms with Gasteiger partial charge in [0.25, 0.3) is 0 Å². The fourth-order valence-electron chi connectivity index (χ4n) is 0. The molecule has 0 aliphatic rings. The van der Waals surface area contributed by atoms with Gasteiger partial charge in [-0.25, -0.2) is 0 Å². The van der Waals surface area contributed by atoms with Gasteiger partial charge in [0.15, 0.2) is 0 Å². The topological polar surface area (TPSA) is 179 Å². The molecule has 14 heavy (non-hydrogen) atoms. The molecule has 0 aliphatic carbocycles. The van der Waals surface area contributed by atoms with Gasteiger partial charge in [0.2, 0.25) is 0 Å². The van der Waals surface area contributed by atoms with Crippen LogP contribution in [-0.4, -0.2) is 30.6 Å². The van der Waals surface area contributed by atoms with Gasteiger partial charge in [-0.05, 0) is 0 Å². The van der Waals surface area contributed by atoms with Crippen LogP contribution in [-0.2, 0) is 30.8 Å². The fraction of sp³-hybridized carbons (Fsp3) is 0.500. The van der Waals surface area contributed by atoms with Gasteiger partial charge in [-0.15, -0.1) is 13.1 Å². The Morgan fingerprint density at radius 1 is 1.00 bits per heavy atom. The number of hydrogen-bond donors (Lipinski definition) is 6. The van der Waals surface area contributed by atoms with Gasteiger partial charge < -0.3 is 22.9 Å². The molecule has 0 saturated heterocycles. The van der Waals surface area contributed by atoms with Crippen molar-refractivity contribution < 1.29 is 37.9 Å². The van der Waals surface area contributed by atoms with E-state index >= 15 is 0 Å². The molecule has 0 fully saturated rings. The maximum Gasteiger partial charge on any atom is 2.00 e. The van der Waals surface area contributed by atoms with E-state index in [9.17, 15) is 0 Å². The summed E-state index contributed by atoms with van der Waals surface area (Å²) in [5.74, 6) is 0. The summed E-state index contributed by atoms with van der Waals surface area (Å²) in [5.41, 5.74) is 19.2. The molecule has 0 atom stereocenters. The molecule has 0 spiro atoms. The average molecular weight is 323 g/mol. The summed E-state index contributed by atoms with van der Waals surface area (Å²) in [6, 6.07) is 0. The van der Waals surface area contributed by atoms with Crippen molar-refractivity contribution in [2.45, 2.75) is 0 Å². The van der Waals surface area contributed by atoms with Gasteiger partial charge in [0, 0.05) is 0 Å². The molecule has 0 rings (SSSR count). The molecule has 0 aromatic heterocycles. The number of nitrogens with two attached hydrogens (primary N) is 4. The third kappa shape index (κ3) is 284. The molecular weight excluding hydrogens is 307 g/mol. The molecule has 0 aromatic rings. The van der Waals surface area contributed by atoms with E-state index in [1.807, 2.05) is 0 Å². The molecule has 10 N–H and O–H groups in total. The van der Waals surface area contributed by atoms with Gasteiger partial charge in [-0.2, -0.15) is 8.42 Å². The van der Waals surface area contributed by atoms with Crippen LogP contribution in [0.2, 0.25) is 0 Å². The first-order valence-electron chi connectivity index (χ1n) is 3.00. The number of rotatable bonds is 2. The Balaban J connectivity index is -0.0000000522. The van der Waals surface area contributed by atoms with Crippen molar-refractivity contribution >= 4 is 10.4 Å². The Bertz CT molecular complexity index is 149. The van der Waals surface area contributed by atoms with Crippen LogP contribution >= 0.6 is 0 Å². The quantitative estimate of drug-likeness (QED) is 0.183. The predicted octanol–water partition coefficient (Wildman–Crippen LogP) is -2.52. The van der Waals surface area contributed by atoms with Crippen molar-refractivity contribution in [3.8, 4) is 0 Å². The zero-order valence-corrected chi connectivity index (χ0v) is 9.68. The molecule has 0 radical (unpaired) electrons. The molecule has 8 nitrogen and oxygen atoms in total. The van der Waals surface area contributed by atoms with Crippen molar-refractivity contribution in [1.82, 2.24) is 0 Å². The van der Waals surface area contributed by atoms with E-state index < -0.39 is 10.4 Å². The first-order valence-corrected chi connectivity index (χ1v) is 4.40. The second-order valence-corrected chi connectivity index (χ2v) is 2.29. The Kier molecular flexibility index (Phi) is 32.5. The van der Waals surface area contributed by atoms with Gasteiger partial charge >= 0.3 is 30.8 Å². The first-order chi connectivity index (χ1) is 5.83. The summed E-state index contributed by atoms with van der Waals surface area (Å²) in [5, 5.41) is 0. The minimum atomic E-state index is -4.67. The largest absolute Gasteiger partial charge is 2.00 e. The molecular formula is C4H16N4O4PdS.